The lowest BCUT2D eigenvalue weighted by atomic mass is 10.3. The molecule has 0 aliphatic carbocycles. The Labute approximate surface area is 125 Å². The zero-order valence-electron chi connectivity index (χ0n) is 13.1. The van der Waals surface area contributed by atoms with Gasteiger partial charge in [0.1, 0.15) is 11.6 Å². The van der Waals surface area contributed by atoms with Gasteiger partial charge in [-0.2, -0.15) is 0 Å². The predicted molar refractivity (Wildman–Crippen MR) is 85.9 cm³/mol. The lowest BCUT2D eigenvalue weighted by Gasteiger charge is -2.19. The molecule has 0 unspecified atom stereocenters. The van der Waals surface area contributed by atoms with Gasteiger partial charge in [0.15, 0.2) is 0 Å². The standard InChI is InChI=1S/C14H25N5O2/c1-4-8-18(6-3)9-7-16-14-11-12(19(20)21)10-13(17-14)15-5-2/h10-11H,4-9H2,1-3H3,(H2,15,16,17). The van der Waals surface area contributed by atoms with E-state index in [4.69, 9.17) is 0 Å². The van der Waals surface area contributed by atoms with Gasteiger partial charge in [-0.1, -0.05) is 13.8 Å². The van der Waals surface area contributed by atoms with Crippen molar-refractivity contribution in [3.63, 3.8) is 0 Å². The van der Waals surface area contributed by atoms with E-state index in [0.717, 1.165) is 26.1 Å². The molecule has 2 N–H and O–H groups in total. The largest absolute Gasteiger partial charge is 0.370 e. The number of nitro groups is 1. The number of anilines is 2. The molecule has 21 heavy (non-hydrogen) atoms. The first-order valence-corrected chi connectivity index (χ1v) is 7.47. The van der Waals surface area contributed by atoms with Crippen molar-refractivity contribution >= 4 is 17.3 Å². The Morgan fingerprint density at radius 1 is 1.19 bits per heavy atom. The highest BCUT2D eigenvalue weighted by Crippen LogP contribution is 2.20. The highest BCUT2D eigenvalue weighted by Gasteiger charge is 2.11. The second kappa shape index (κ2) is 9.12. The van der Waals surface area contributed by atoms with Crippen LogP contribution in [0.15, 0.2) is 12.1 Å². The second-order valence-corrected chi connectivity index (χ2v) is 4.74. The molecule has 7 nitrogen and oxygen atoms in total. The van der Waals surface area contributed by atoms with E-state index in [1.165, 1.54) is 12.1 Å². The van der Waals surface area contributed by atoms with Crippen LogP contribution in [0.25, 0.3) is 0 Å². The molecule has 7 heteroatoms. The highest BCUT2D eigenvalue weighted by molar-refractivity contribution is 5.54. The van der Waals surface area contributed by atoms with Crippen molar-refractivity contribution in [2.75, 3.05) is 43.4 Å². The minimum absolute atomic E-state index is 0.0457. The number of aromatic nitrogens is 1. The molecule has 0 aromatic carbocycles. The van der Waals surface area contributed by atoms with E-state index in [-0.39, 0.29) is 5.69 Å². The average molecular weight is 295 g/mol. The van der Waals surface area contributed by atoms with Crippen LogP contribution >= 0.6 is 0 Å². The summed E-state index contributed by atoms with van der Waals surface area (Å²) in [5, 5.41) is 17.1. The fourth-order valence-electron chi connectivity index (χ4n) is 2.07. The third-order valence-electron chi connectivity index (χ3n) is 3.10. The topological polar surface area (TPSA) is 83.3 Å². The molecule has 1 heterocycles. The Bertz CT molecular complexity index is 453. The SMILES string of the molecule is CCCN(CC)CCNc1cc([N+](=O)[O-])cc(NCC)n1. The molecule has 0 aliphatic heterocycles. The van der Waals surface area contributed by atoms with Gasteiger partial charge in [-0.15, -0.1) is 0 Å². The maximum Gasteiger partial charge on any atom is 0.276 e. The van der Waals surface area contributed by atoms with Crippen LogP contribution in [0.2, 0.25) is 0 Å². The van der Waals surface area contributed by atoms with E-state index in [1.807, 2.05) is 6.92 Å². The molecule has 0 saturated heterocycles. The van der Waals surface area contributed by atoms with Gasteiger partial charge in [0, 0.05) is 19.6 Å². The number of hydrogen-bond acceptors (Lipinski definition) is 6. The molecule has 0 spiro atoms. The number of nitrogens with one attached hydrogen (secondary N) is 2. The highest BCUT2D eigenvalue weighted by atomic mass is 16.6. The molecule has 0 saturated carbocycles. The molecule has 0 fully saturated rings. The zero-order chi connectivity index (χ0) is 15.7. The van der Waals surface area contributed by atoms with Crippen molar-refractivity contribution in [1.29, 1.82) is 0 Å². The summed E-state index contributed by atoms with van der Waals surface area (Å²) in [6.45, 7) is 10.6. The predicted octanol–water partition coefficient (Wildman–Crippen LogP) is 2.57. The van der Waals surface area contributed by atoms with Gasteiger partial charge in [0.05, 0.1) is 17.1 Å². The lowest BCUT2D eigenvalue weighted by molar-refractivity contribution is -0.384. The molecule has 0 bridgehead atoms. The van der Waals surface area contributed by atoms with Gasteiger partial charge < -0.3 is 15.5 Å². The van der Waals surface area contributed by atoms with Crippen LogP contribution in [-0.4, -0.2) is 47.5 Å². The molecule has 1 rings (SSSR count). The Balaban J connectivity index is 2.66. The summed E-state index contributed by atoms with van der Waals surface area (Å²) in [5.41, 5.74) is 0.0457. The number of nitrogens with zero attached hydrogens (tertiary/aromatic N) is 3. The Hall–Kier alpha value is -1.89. The first kappa shape index (κ1) is 17.2. The summed E-state index contributed by atoms with van der Waals surface area (Å²) in [6.07, 6.45) is 1.12. The molecule has 1 aromatic heterocycles. The maximum atomic E-state index is 10.9. The Morgan fingerprint density at radius 3 is 2.38 bits per heavy atom. The average Bonchev–Trinajstić information content (AvgIpc) is 2.46. The number of rotatable bonds is 10. The monoisotopic (exact) mass is 295 g/mol. The Kier molecular flexibility index (Phi) is 7.45. The van der Waals surface area contributed by atoms with Crippen LogP contribution in [0.5, 0.6) is 0 Å². The maximum absolute atomic E-state index is 10.9. The lowest BCUT2D eigenvalue weighted by Crippen LogP contribution is -2.29. The van der Waals surface area contributed by atoms with Gasteiger partial charge in [0.25, 0.3) is 5.69 Å². The van der Waals surface area contributed by atoms with Crippen LogP contribution in [0.1, 0.15) is 27.2 Å². The number of hydrogen-bond donors (Lipinski definition) is 2. The summed E-state index contributed by atoms with van der Waals surface area (Å²) in [6, 6.07) is 2.92. The molecule has 0 amide bonds. The van der Waals surface area contributed by atoms with E-state index < -0.39 is 4.92 Å². The van der Waals surface area contributed by atoms with Crippen LogP contribution < -0.4 is 10.6 Å². The Morgan fingerprint density at radius 2 is 1.86 bits per heavy atom. The first-order valence-electron chi connectivity index (χ1n) is 7.47. The molecule has 0 radical (unpaired) electrons. The summed E-state index contributed by atoms with van der Waals surface area (Å²) in [5.74, 6) is 1.06. The quantitative estimate of drug-likeness (QED) is 0.510. The van der Waals surface area contributed by atoms with E-state index in [2.05, 4.69) is 34.4 Å². The minimum atomic E-state index is -0.400. The smallest absolute Gasteiger partial charge is 0.276 e. The van der Waals surface area contributed by atoms with E-state index >= 15 is 0 Å². The van der Waals surface area contributed by atoms with E-state index in [9.17, 15) is 10.1 Å². The van der Waals surface area contributed by atoms with Crippen molar-refractivity contribution in [3.05, 3.63) is 22.2 Å². The first-order chi connectivity index (χ1) is 10.1. The molecule has 118 valence electrons. The number of likely N-dealkylation sites (N-methyl/N-ethyl adjacent to an activating group) is 1. The summed E-state index contributed by atoms with van der Waals surface area (Å²) >= 11 is 0. The zero-order valence-corrected chi connectivity index (χ0v) is 13.1. The van der Waals surface area contributed by atoms with Gasteiger partial charge >= 0.3 is 0 Å². The van der Waals surface area contributed by atoms with Gasteiger partial charge in [0.2, 0.25) is 0 Å². The van der Waals surface area contributed by atoms with Crippen molar-refractivity contribution in [2.24, 2.45) is 0 Å². The molecule has 1 aromatic rings. The number of pyridine rings is 1. The van der Waals surface area contributed by atoms with Gasteiger partial charge in [-0.25, -0.2) is 4.98 Å². The van der Waals surface area contributed by atoms with E-state index in [1.54, 1.807) is 0 Å². The normalized spacial score (nSPS) is 10.7. The summed E-state index contributed by atoms with van der Waals surface area (Å²) < 4.78 is 0. The second-order valence-electron chi connectivity index (χ2n) is 4.74. The molecular formula is C14H25N5O2. The van der Waals surface area contributed by atoms with Crippen molar-refractivity contribution < 1.29 is 4.92 Å². The summed E-state index contributed by atoms with van der Waals surface area (Å²) in [4.78, 5) is 17.2. The molecule has 0 atom stereocenters. The fraction of sp³-hybridized carbons (Fsp3) is 0.643. The minimum Gasteiger partial charge on any atom is -0.370 e. The fourth-order valence-corrected chi connectivity index (χ4v) is 2.07. The van der Waals surface area contributed by atoms with Gasteiger partial charge in [-0.05, 0) is 26.4 Å². The van der Waals surface area contributed by atoms with E-state index in [0.29, 0.717) is 24.7 Å². The third kappa shape index (κ3) is 5.95. The van der Waals surface area contributed by atoms with Crippen LogP contribution in [0, 0.1) is 10.1 Å². The van der Waals surface area contributed by atoms with Crippen molar-refractivity contribution in [3.8, 4) is 0 Å². The van der Waals surface area contributed by atoms with Crippen LogP contribution in [0.4, 0.5) is 17.3 Å². The third-order valence-corrected chi connectivity index (χ3v) is 3.10. The molecule has 0 aliphatic rings. The molecular weight excluding hydrogens is 270 g/mol. The van der Waals surface area contributed by atoms with Crippen LogP contribution in [-0.2, 0) is 0 Å². The van der Waals surface area contributed by atoms with Crippen molar-refractivity contribution in [2.45, 2.75) is 27.2 Å². The summed E-state index contributed by atoms with van der Waals surface area (Å²) in [7, 11) is 0. The van der Waals surface area contributed by atoms with Crippen LogP contribution in [0.3, 0.4) is 0 Å². The van der Waals surface area contributed by atoms with Gasteiger partial charge in [-0.3, -0.25) is 10.1 Å². The van der Waals surface area contributed by atoms with Crippen molar-refractivity contribution in [1.82, 2.24) is 9.88 Å².